The summed E-state index contributed by atoms with van der Waals surface area (Å²) in [4.78, 5) is 21.5. The minimum atomic E-state index is 0.112. The van der Waals surface area contributed by atoms with E-state index in [-0.39, 0.29) is 5.91 Å². The van der Waals surface area contributed by atoms with Gasteiger partial charge in [0.1, 0.15) is 5.75 Å². The molecule has 1 saturated heterocycles. The topological polar surface area (TPSA) is 45.7 Å². The van der Waals surface area contributed by atoms with Crippen LogP contribution in [-0.4, -0.2) is 54.0 Å². The number of pyridine rings is 1. The van der Waals surface area contributed by atoms with E-state index in [1.165, 1.54) is 0 Å². The van der Waals surface area contributed by atoms with Gasteiger partial charge in [-0.2, -0.15) is 0 Å². The fourth-order valence-corrected chi connectivity index (χ4v) is 3.52. The van der Waals surface area contributed by atoms with Crippen LogP contribution in [0.25, 0.3) is 0 Å². The molecule has 1 aliphatic heterocycles. The second kappa shape index (κ2) is 8.81. The summed E-state index contributed by atoms with van der Waals surface area (Å²) in [6.07, 6.45) is 4.96. The summed E-state index contributed by atoms with van der Waals surface area (Å²) < 4.78 is 5.17. The number of carbonyl (C=O) groups is 1. The number of amides is 1. The third kappa shape index (κ3) is 4.61. The molecule has 1 fully saturated rings. The van der Waals surface area contributed by atoms with E-state index in [2.05, 4.69) is 23.0 Å². The van der Waals surface area contributed by atoms with Gasteiger partial charge in [0.25, 0.3) is 5.91 Å². The Kier molecular flexibility index (Phi) is 6.23. The first-order valence-electron chi connectivity index (χ1n) is 9.21. The highest BCUT2D eigenvalue weighted by Crippen LogP contribution is 2.20. The van der Waals surface area contributed by atoms with Crippen LogP contribution in [0.5, 0.6) is 5.75 Å². The van der Waals surface area contributed by atoms with Crippen molar-refractivity contribution in [3.63, 3.8) is 0 Å². The number of hydrogen-bond acceptors (Lipinski definition) is 4. The van der Waals surface area contributed by atoms with Gasteiger partial charge in [-0.05, 0) is 62.7 Å². The molecule has 2 heterocycles. The smallest absolute Gasteiger partial charge is 0.253 e. The molecule has 0 unspecified atom stereocenters. The molecular weight excluding hydrogens is 326 g/mol. The number of rotatable bonds is 5. The Morgan fingerprint density at radius 1 is 1.19 bits per heavy atom. The molecule has 0 spiro atoms. The predicted octanol–water partition coefficient (Wildman–Crippen LogP) is 3.22. The van der Waals surface area contributed by atoms with Crippen LogP contribution in [0.1, 0.15) is 35.3 Å². The average Bonchev–Trinajstić information content (AvgIpc) is 2.94. The van der Waals surface area contributed by atoms with Crippen molar-refractivity contribution in [1.29, 1.82) is 0 Å². The van der Waals surface area contributed by atoms with E-state index in [0.717, 1.165) is 55.9 Å². The van der Waals surface area contributed by atoms with Crippen molar-refractivity contribution in [3.05, 3.63) is 59.9 Å². The zero-order valence-corrected chi connectivity index (χ0v) is 15.6. The first-order valence-corrected chi connectivity index (χ1v) is 9.21. The average molecular weight is 353 g/mol. The van der Waals surface area contributed by atoms with Crippen molar-refractivity contribution in [3.8, 4) is 5.75 Å². The Morgan fingerprint density at radius 3 is 2.69 bits per heavy atom. The largest absolute Gasteiger partial charge is 0.497 e. The van der Waals surface area contributed by atoms with Crippen molar-refractivity contribution in [1.82, 2.24) is 14.8 Å². The Morgan fingerprint density at radius 2 is 2.00 bits per heavy atom. The molecule has 1 aromatic heterocycles. The maximum absolute atomic E-state index is 12.8. The number of ether oxygens (including phenoxy) is 1. The summed E-state index contributed by atoms with van der Waals surface area (Å²) in [7, 11) is 3.79. The van der Waals surface area contributed by atoms with Crippen molar-refractivity contribution >= 4 is 5.91 Å². The normalized spacial score (nSPS) is 17.8. The molecule has 5 nitrogen and oxygen atoms in total. The maximum Gasteiger partial charge on any atom is 0.253 e. The molecule has 1 atom stereocenters. The lowest BCUT2D eigenvalue weighted by Gasteiger charge is -2.27. The van der Waals surface area contributed by atoms with E-state index in [4.69, 9.17) is 4.74 Å². The summed E-state index contributed by atoms with van der Waals surface area (Å²) in [5.74, 6) is 0.884. The van der Waals surface area contributed by atoms with Crippen molar-refractivity contribution in [2.75, 3.05) is 27.2 Å². The molecule has 2 aromatic rings. The van der Waals surface area contributed by atoms with Crippen LogP contribution < -0.4 is 4.74 Å². The molecule has 1 amide bonds. The van der Waals surface area contributed by atoms with Gasteiger partial charge < -0.3 is 9.64 Å². The number of carbonyl (C=O) groups excluding carboxylic acids is 1. The molecule has 0 bridgehead atoms. The second-order valence-electron chi connectivity index (χ2n) is 6.84. The van der Waals surface area contributed by atoms with E-state index < -0.39 is 0 Å². The van der Waals surface area contributed by atoms with Crippen LogP contribution in [0.4, 0.5) is 0 Å². The standard InChI is InChI=1S/C21H27N3O2/c1-23(16-18-6-3-4-13-22-18)19-7-5-14-24(15-12-19)21(25)17-8-10-20(26-2)11-9-17/h3-4,6,8-11,13,19H,5,7,12,14-16H2,1-2H3/t19-/m0/s1. The monoisotopic (exact) mass is 353 g/mol. The van der Waals surface area contributed by atoms with Gasteiger partial charge in [-0.25, -0.2) is 0 Å². The van der Waals surface area contributed by atoms with Crippen molar-refractivity contribution < 1.29 is 9.53 Å². The zero-order chi connectivity index (χ0) is 18.4. The molecule has 0 aliphatic carbocycles. The number of benzene rings is 1. The van der Waals surface area contributed by atoms with Gasteiger partial charge in [0.15, 0.2) is 0 Å². The third-order valence-corrected chi connectivity index (χ3v) is 5.08. The Bertz CT molecular complexity index is 703. The molecule has 3 rings (SSSR count). The Labute approximate surface area is 155 Å². The molecule has 138 valence electrons. The highest BCUT2D eigenvalue weighted by atomic mass is 16.5. The van der Waals surface area contributed by atoms with Gasteiger partial charge in [-0.15, -0.1) is 0 Å². The van der Waals surface area contributed by atoms with E-state index in [9.17, 15) is 4.79 Å². The predicted molar refractivity (Wildman–Crippen MR) is 102 cm³/mol. The lowest BCUT2D eigenvalue weighted by atomic mass is 10.1. The van der Waals surface area contributed by atoms with Gasteiger partial charge in [-0.1, -0.05) is 6.07 Å². The summed E-state index contributed by atoms with van der Waals surface area (Å²) in [5, 5.41) is 0. The third-order valence-electron chi connectivity index (χ3n) is 5.08. The summed E-state index contributed by atoms with van der Waals surface area (Å²) in [6, 6.07) is 13.9. The number of nitrogens with zero attached hydrogens (tertiary/aromatic N) is 3. The maximum atomic E-state index is 12.8. The van der Waals surface area contributed by atoms with Crippen molar-refractivity contribution in [2.45, 2.75) is 31.8 Å². The zero-order valence-electron chi connectivity index (χ0n) is 15.6. The Balaban J connectivity index is 1.57. The molecule has 26 heavy (non-hydrogen) atoms. The van der Waals surface area contributed by atoms with Crippen LogP contribution in [0.15, 0.2) is 48.7 Å². The fraction of sp³-hybridized carbons (Fsp3) is 0.429. The lowest BCUT2D eigenvalue weighted by molar-refractivity contribution is 0.0757. The van der Waals surface area contributed by atoms with E-state index in [1.54, 1.807) is 7.11 Å². The van der Waals surface area contributed by atoms with Gasteiger partial charge in [0, 0.05) is 37.4 Å². The minimum Gasteiger partial charge on any atom is -0.497 e. The molecule has 0 N–H and O–H groups in total. The fourth-order valence-electron chi connectivity index (χ4n) is 3.52. The first kappa shape index (κ1) is 18.4. The first-order chi connectivity index (χ1) is 12.7. The number of hydrogen-bond donors (Lipinski definition) is 0. The van der Waals surface area contributed by atoms with Crippen LogP contribution in [0.2, 0.25) is 0 Å². The van der Waals surface area contributed by atoms with Crippen LogP contribution in [0, 0.1) is 0 Å². The molecule has 0 saturated carbocycles. The SMILES string of the molecule is COc1ccc(C(=O)N2CCC[C@H](N(C)Cc3ccccn3)CC2)cc1. The van der Waals surface area contributed by atoms with Crippen LogP contribution in [-0.2, 0) is 6.54 Å². The van der Waals surface area contributed by atoms with E-state index in [0.29, 0.717) is 6.04 Å². The number of methoxy groups -OCH3 is 1. The highest BCUT2D eigenvalue weighted by molar-refractivity contribution is 5.94. The molecule has 5 heteroatoms. The van der Waals surface area contributed by atoms with Gasteiger partial charge >= 0.3 is 0 Å². The summed E-state index contributed by atoms with van der Waals surface area (Å²) in [5.41, 5.74) is 1.82. The minimum absolute atomic E-state index is 0.112. The van der Waals surface area contributed by atoms with Crippen LogP contribution in [0.3, 0.4) is 0 Å². The number of aromatic nitrogens is 1. The van der Waals surface area contributed by atoms with E-state index >= 15 is 0 Å². The Hall–Kier alpha value is -2.40. The highest BCUT2D eigenvalue weighted by Gasteiger charge is 2.24. The quantitative estimate of drug-likeness (QED) is 0.828. The summed E-state index contributed by atoms with van der Waals surface area (Å²) >= 11 is 0. The molecular formula is C21H27N3O2. The van der Waals surface area contributed by atoms with Gasteiger partial charge in [0.2, 0.25) is 0 Å². The van der Waals surface area contributed by atoms with Gasteiger partial charge in [-0.3, -0.25) is 14.7 Å². The summed E-state index contributed by atoms with van der Waals surface area (Å²) in [6.45, 7) is 2.46. The van der Waals surface area contributed by atoms with Crippen molar-refractivity contribution in [2.24, 2.45) is 0 Å². The molecule has 0 radical (unpaired) electrons. The van der Waals surface area contributed by atoms with E-state index in [1.807, 2.05) is 47.5 Å². The number of likely N-dealkylation sites (tertiary alicyclic amines) is 1. The van der Waals surface area contributed by atoms with Crippen LogP contribution >= 0.6 is 0 Å². The molecule has 1 aliphatic rings. The lowest BCUT2D eigenvalue weighted by Crippen LogP contribution is -2.35. The van der Waals surface area contributed by atoms with Gasteiger partial charge in [0.05, 0.1) is 12.8 Å². The molecule has 1 aromatic carbocycles. The second-order valence-corrected chi connectivity index (χ2v) is 6.84.